The number of hydrogen-bond donors (Lipinski definition) is 1. The summed E-state index contributed by atoms with van der Waals surface area (Å²) in [5.74, 6) is 0.0543. The molecule has 1 amide bonds. The van der Waals surface area contributed by atoms with Gasteiger partial charge in [-0.15, -0.1) is 0 Å². The van der Waals surface area contributed by atoms with Crippen LogP contribution in [0.2, 0.25) is 0 Å². The quantitative estimate of drug-likeness (QED) is 0.912. The van der Waals surface area contributed by atoms with Crippen LogP contribution in [0.15, 0.2) is 48.5 Å². The van der Waals surface area contributed by atoms with Gasteiger partial charge in [-0.2, -0.15) is 0 Å². The van der Waals surface area contributed by atoms with Crippen molar-refractivity contribution in [2.45, 2.75) is 51.7 Å². The average molecular weight is 337 g/mol. The third kappa shape index (κ3) is 4.89. The molecule has 0 radical (unpaired) electrons. The Kier molecular flexibility index (Phi) is 5.82. The topological polar surface area (TPSA) is 45.2 Å². The van der Waals surface area contributed by atoms with Crippen LogP contribution in [0.4, 0.5) is 0 Å². The zero-order valence-corrected chi connectivity index (χ0v) is 15.1. The molecular formula is C21H27N3O. The number of likely N-dealkylation sites (tertiary alicyclic amines) is 1. The van der Waals surface area contributed by atoms with Crippen molar-refractivity contribution in [3.63, 3.8) is 0 Å². The van der Waals surface area contributed by atoms with Gasteiger partial charge in [-0.1, -0.05) is 36.4 Å². The number of hydrogen-bond acceptors (Lipinski definition) is 3. The lowest BCUT2D eigenvalue weighted by molar-refractivity contribution is -0.120. The van der Waals surface area contributed by atoms with Crippen LogP contribution in [-0.2, 0) is 17.8 Å². The third-order valence-corrected chi connectivity index (χ3v) is 4.88. The summed E-state index contributed by atoms with van der Waals surface area (Å²) in [5.41, 5.74) is 3.46. The lowest BCUT2D eigenvalue weighted by Crippen LogP contribution is -2.55. The first-order valence-electron chi connectivity index (χ1n) is 9.09. The van der Waals surface area contributed by atoms with Crippen molar-refractivity contribution in [1.29, 1.82) is 0 Å². The van der Waals surface area contributed by atoms with E-state index in [2.05, 4.69) is 51.6 Å². The molecule has 25 heavy (non-hydrogen) atoms. The molecule has 0 aliphatic carbocycles. The third-order valence-electron chi connectivity index (χ3n) is 4.88. The maximum absolute atomic E-state index is 11.7. The molecule has 4 nitrogen and oxygen atoms in total. The highest BCUT2D eigenvalue weighted by molar-refractivity contribution is 5.73. The van der Waals surface area contributed by atoms with E-state index in [-0.39, 0.29) is 11.9 Å². The monoisotopic (exact) mass is 337 g/mol. The summed E-state index contributed by atoms with van der Waals surface area (Å²) >= 11 is 0. The van der Waals surface area contributed by atoms with Crippen LogP contribution in [0.3, 0.4) is 0 Å². The van der Waals surface area contributed by atoms with E-state index in [9.17, 15) is 4.79 Å². The van der Waals surface area contributed by atoms with Gasteiger partial charge >= 0.3 is 0 Å². The largest absolute Gasteiger partial charge is 0.352 e. The molecular weight excluding hydrogens is 310 g/mol. The van der Waals surface area contributed by atoms with Gasteiger partial charge in [-0.05, 0) is 50.4 Å². The highest BCUT2D eigenvalue weighted by atomic mass is 16.1. The van der Waals surface area contributed by atoms with Crippen molar-refractivity contribution in [2.24, 2.45) is 0 Å². The van der Waals surface area contributed by atoms with Gasteiger partial charge in [0.1, 0.15) is 0 Å². The standard InChI is InChI=1S/C21H27N3O/c1-16-8-6-11-19(22-16)15-24-13-7-12-20(23-17(2)25)21(24)14-18-9-4-3-5-10-18/h3-6,8-11,20-21H,7,12-15H2,1-2H3,(H,23,25)/t20-,21-/m0/s1. The van der Waals surface area contributed by atoms with Gasteiger partial charge < -0.3 is 5.32 Å². The molecule has 132 valence electrons. The zero-order chi connectivity index (χ0) is 17.6. The van der Waals surface area contributed by atoms with E-state index >= 15 is 0 Å². The first kappa shape index (κ1) is 17.6. The molecule has 1 aliphatic rings. The summed E-state index contributed by atoms with van der Waals surface area (Å²) in [7, 11) is 0. The number of amides is 1. The molecule has 2 atom stereocenters. The Hall–Kier alpha value is -2.20. The Morgan fingerprint density at radius 2 is 2.00 bits per heavy atom. The molecule has 1 saturated heterocycles. The average Bonchev–Trinajstić information content (AvgIpc) is 2.58. The molecule has 1 aromatic heterocycles. The fourth-order valence-electron chi connectivity index (χ4n) is 3.78. The Morgan fingerprint density at radius 1 is 1.20 bits per heavy atom. The number of carbonyl (C=O) groups is 1. The lowest BCUT2D eigenvalue weighted by Gasteiger charge is -2.41. The first-order valence-corrected chi connectivity index (χ1v) is 9.09. The molecule has 0 bridgehead atoms. The molecule has 1 aliphatic heterocycles. The second-order valence-electron chi connectivity index (χ2n) is 6.95. The molecule has 1 aromatic carbocycles. The molecule has 0 saturated carbocycles. The van der Waals surface area contributed by atoms with Gasteiger partial charge in [0, 0.05) is 31.2 Å². The fraction of sp³-hybridized carbons (Fsp3) is 0.429. The van der Waals surface area contributed by atoms with Gasteiger partial charge in [-0.3, -0.25) is 14.7 Å². The van der Waals surface area contributed by atoms with Crippen molar-refractivity contribution in [1.82, 2.24) is 15.2 Å². The van der Waals surface area contributed by atoms with Gasteiger partial charge in [0.25, 0.3) is 0 Å². The summed E-state index contributed by atoms with van der Waals surface area (Å²) in [5, 5.41) is 3.18. The van der Waals surface area contributed by atoms with Crippen LogP contribution in [0.5, 0.6) is 0 Å². The van der Waals surface area contributed by atoms with Crippen molar-refractivity contribution in [3.05, 3.63) is 65.5 Å². The van der Waals surface area contributed by atoms with Gasteiger partial charge in [-0.25, -0.2) is 0 Å². The number of pyridine rings is 1. The second kappa shape index (κ2) is 8.26. The minimum atomic E-state index is 0.0543. The minimum absolute atomic E-state index is 0.0543. The summed E-state index contributed by atoms with van der Waals surface area (Å²) in [6.07, 6.45) is 3.08. The van der Waals surface area contributed by atoms with E-state index in [4.69, 9.17) is 0 Å². The Bertz CT molecular complexity index is 701. The summed E-state index contributed by atoms with van der Waals surface area (Å²) < 4.78 is 0. The molecule has 1 fully saturated rings. The van der Waals surface area contributed by atoms with E-state index in [1.165, 1.54) is 5.56 Å². The SMILES string of the molecule is CC(=O)N[C@H]1CCCN(Cc2cccc(C)n2)[C@H]1Cc1ccccc1. The van der Waals surface area contributed by atoms with E-state index in [1.54, 1.807) is 6.92 Å². The second-order valence-corrected chi connectivity index (χ2v) is 6.95. The Balaban J connectivity index is 1.81. The number of nitrogens with one attached hydrogen (secondary N) is 1. The number of rotatable bonds is 5. The minimum Gasteiger partial charge on any atom is -0.352 e. The number of nitrogens with zero attached hydrogens (tertiary/aromatic N) is 2. The van der Waals surface area contributed by atoms with Crippen LogP contribution >= 0.6 is 0 Å². The highest BCUT2D eigenvalue weighted by Crippen LogP contribution is 2.23. The van der Waals surface area contributed by atoms with E-state index in [0.717, 1.165) is 43.7 Å². The Morgan fingerprint density at radius 3 is 2.72 bits per heavy atom. The highest BCUT2D eigenvalue weighted by Gasteiger charge is 2.32. The van der Waals surface area contributed by atoms with Gasteiger partial charge in [0.05, 0.1) is 5.69 Å². The molecule has 2 heterocycles. The summed E-state index contributed by atoms with van der Waals surface area (Å²) in [6, 6.07) is 17.2. The zero-order valence-electron chi connectivity index (χ0n) is 15.1. The normalized spacial score (nSPS) is 21.0. The fourth-order valence-corrected chi connectivity index (χ4v) is 3.78. The smallest absolute Gasteiger partial charge is 0.217 e. The summed E-state index contributed by atoms with van der Waals surface area (Å²) in [4.78, 5) is 18.8. The van der Waals surface area contributed by atoms with Crippen molar-refractivity contribution >= 4 is 5.91 Å². The van der Waals surface area contributed by atoms with E-state index in [1.807, 2.05) is 19.1 Å². The van der Waals surface area contributed by atoms with Crippen LogP contribution < -0.4 is 5.32 Å². The number of carbonyl (C=O) groups excluding carboxylic acids is 1. The van der Waals surface area contributed by atoms with Crippen molar-refractivity contribution in [2.75, 3.05) is 6.54 Å². The maximum atomic E-state index is 11.7. The number of benzene rings is 1. The molecule has 3 rings (SSSR count). The van der Waals surface area contributed by atoms with Crippen molar-refractivity contribution < 1.29 is 4.79 Å². The predicted octanol–water partition coefficient (Wildman–Crippen LogP) is 3.10. The van der Waals surface area contributed by atoms with Crippen molar-refractivity contribution in [3.8, 4) is 0 Å². The number of aromatic nitrogens is 1. The summed E-state index contributed by atoms with van der Waals surface area (Å²) in [6.45, 7) is 5.51. The van der Waals surface area contributed by atoms with Crippen LogP contribution in [0.25, 0.3) is 0 Å². The first-order chi connectivity index (χ1) is 12.1. The lowest BCUT2D eigenvalue weighted by atomic mass is 9.90. The van der Waals surface area contributed by atoms with E-state index < -0.39 is 0 Å². The van der Waals surface area contributed by atoms with Crippen LogP contribution in [0, 0.1) is 6.92 Å². The van der Waals surface area contributed by atoms with E-state index in [0.29, 0.717) is 6.04 Å². The predicted molar refractivity (Wildman–Crippen MR) is 100 cm³/mol. The van der Waals surface area contributed by atoms with Crippen LogP contribution in [-0.4, -0.2) is 34.4 Å². The Labute approximate surface area is 150 Å². The molecule has 0 unspecified atom stereocenters. The number of aryl methyl sites for hydroxylation is 1. The maximum Gasteiger partial charge on any atom is 0.217 e. The van der Waals surface area contributed by atoms with Crippen LogP contribution in [0.1, 0.15) is 36.7 Å². The molecule has 0 spiro atoms. The molecule has 1 N–H and O–H groups in total. The molecule has 2 aromatic rings. The van der Waals surface area contributed by atoms with Gasteiger partial charge in [0.2, 0.25) is 5.91 Å². The molecule has 4 heteroatoms. The number of piperidine rings is 1. The van der Waals surface area contributed by atoms with Gasteiger partial charge in [0.15, 0.2) is 0 Å².